The Labute approximate surface area is 188 Å². The van der Waals surface area contributed by atoms with E-state index in [9.17, 15) is 22.4 Å². The molecule has 1 aliphatic carbocycles. The normalized spacial score (nSPS) is 14.5. The molecule has 0 spiro atoms. The van der Waals surface area contributed by atoms with E-state index in [0.29, 0.717) is 23.2 Å². The van der Waals surface area contributed by atoms with E-state index in [0.717, 1.165) is 36.3 Å². The van der Waals surface area contributed by atoms with Crippen LogP contribution >= 0.6 is 0 Å². The maximum absolute atomic E-state index is 14.1. The van der Waals surface area contributed by atoms with Crippen molar-refractivity contribution in [1.82, 2.24) is 15.3 Å². The van der Waals surface area contributed by atoms with Crippen LogP contribution in [0.15, 0.2) is 36.4 Å². The summed E-state index contributed by atoms with van der Waals surface area (Å²) in [6, 6.07) is 7.46. The van der Waals surface area contributed by atoms with Crippen molar-refractivity contribution < 1.29 is 27.1 Å². The van der Waals surface area contributed by atoms with Crippen molar-refractivity contribution in [2.24, 2.45) is 0 Å². The van der Waals surface area contributed by atoms with Crippen LogP contribution in [0.5, 0.6) is 5.75 Å². The molecule has 6 nitrogen and oxygen atoms in total. The van der Waals surface area contributed by atoms with Crippen LogP contribution in [0, 0.1) is 5.82 Å². The topological polar surface area (TPSA) is 79.0 Å². The monoisotopic (exact) mass is 466 g/mol. The number of amides is 1. The maximum Gasteiger partial charge on any atom is 0.573 e. The summed E-state index contributed by atoms with van der Waals surface area (Å²) in [5.74, 6) is -1.30. The summed E-state index contributed by atoms with van der Waals surface area (Å²) >= 11 is 0. The van der Waals surface area contributed by atoms with Crippen LogP contribution in [0.1, 0.15) is 54.2 Å². The van der Waals surface area contributed by atoms with Gasteiger partial charge in [-0.15, -0.1) is 13.2 Å². The molecule has 2 aromatic carbocycles. The first kappa shape index (κ1) is 24.5. The molecule has 1 saturated carbocycles. The quantitative estimate of drug-likeness (QED) is 0.429. The number of benzene rings is 2. The van der Waals surface area contributed by atoms with Gasteiger partial charge in [0.25, 0.3) is 5.91 Å². The van der Waals surface area contributed by atoms with E-state index in [1.165, 1.54) is 19.3 Å². The fraction of sp³-hybridized carbons (Fsp3) is 0.391. The van der Waals surface area contributed by atoms with Crippen LogP contribution in [-0.2, 0) is 0 Å². The molecular weight excluding hydrogens is 440 g/mol. The van der Waals surface area contributed by atoms with Crippen molar-refractivity contribution in [3.63, 3.8) is 0 Å². The lowest BCUT2D eigenvalue weighted by Crippen LogP contribution is -2.18. The van der Waals surface area contributed by atoms with Crippen LogP contribution in [0.25, 0.3) is 11.0 Å². The molecule has 4 rings (SSSR count). The number of alkyl halides is 3. The minimum atomic E-state index is -4.94. The fourth-order valence-corrected chi connectivity index (χ4v) is 3.75. The minimum absolute atomic E-state index is 0.394. The van der Waals surface area contributed by atoms with E-state index >= 15 is 0 Å². The summed E-state index contributed by atoms with van der Waals surface area (Å²) in [7, 11) is 3.75. The Balaban J connectivity index is 0.000000968. The van der Waals surface area contributed by atoms with Crippen LogP contribution in [0.2, 0.25) is 0 Å². The highest BCUT2D eigenvalue weighted by molar-refractivity contribution is 6.05. The Morgan fingerprint density at radius 1 is 1.09 bits per heavy atom. The van der Waals surface area contributed by atoms with Crippen molar-refractivity contribution in [2.45, 2.75) is 44.4 Å². The zero-order chi connectivity index (χ0) is 24.0. The Morgan fingerprint density at radius 2 is 1.79 bits per heavy atom. The average molecular weight is 466 g/mol. The van der Waals surface area contributed by atoms with Gasteiger partial charge in [0.05, 0.1) is 16.6 Å². The molecule has 0 bridgehead atoms. The lowest BCUT2D eigenvalue weighted by molar-refractivity contribution is -0.274. The van der Waals surface area contributed by atoms with Crippen molar-refractivity contribution in [3.05, 3.63) is 53.6 Å². The van der Waals surface area contributed by atoms with E-state index < -0.39 is 29.4 Å². The van der Waals surface area contributed by atoms with Gasteiger partial charge in [-0.05, 0) is 57.3 Å². The van der Waals surface area contributed by atoms with E-state index in [1.54, 1.807) is 18.2 Å². The van der Waals surface area contributed by atoms with Gasteiger partial charge < -0.3 is 20.4 Å². The molecule has 33 heavy (non-hydrogen) atoms. The third-order valence-corrected chi connectivity index (χ3v) is 5.17. The van der Waals surface area contributed by atoms with Gasteiger partial charge in [0.2, 0.25) is 0 Å². The van der Waals surface area contributed by atoms with Gasteiger partial charge in [0.15, 0.2) is 0 Å². The molecule has 3 N–H and O–H groups in total. The van der Waals surface area contributed by atoms with Gasteiger partial charge in [-0.3, -0.25) is 4.79 Å². The van der Waals surface area contributed by atoms with E-state index in [-0.39, 0.29) is 0 Å². The standard InChI is InChI=1S/C21H19F4N3O2.C2H7N/c22-16-11-14(30-21(23,24)25)7-8-15(16)20(29)26-13-6-9-17-18(10-13)28-19(27-17)12-4-2-1-3-5-12;1-3-2/h6-12H,1-5H2,(H,26,29)(H,27,28);3H,1-2H3. The highest BCUT2D eigenvalue weighted by Crippen LogP contribution is 2.32. The Kier molecular flexibility index (Phi) is 7.91. The lowest BCUT2D eigenvalue weighted by Gasteiger charge is -2.18. The first-order chi connectivity index (χ1) is 15.7. The Bertz CT molecular complexity index is 1090. The Morgan fingerprint density at radius 3 is 2.42 bits per heavy atom. The molecule has 0 radical (unpaired) electrons. The van der Waals surface area contributed by atoms with Crippen molar-refractivity contribution in [2.75, 3.05) is 19.4 Å². The minimum Gasteiger partial charge on any atom is -0.406 e. The van der Waals surface area contributed by atoms with E-state index in [2.05, 4.69) is 25.3 Å². The molecule has 1 fully saturated rings. The molecule has 0 atom stereocenters. The number of carbonyl (C=O) groups is 1. The highest BCUT2D eigenvalue weighted by atomic mass is 19.4. The summed E-state index contributed by atoms with van der Waals surface area (Å²) in [6.45, 7) is 0. The number of ether oxygens (including phenoxy) is 1. The van der Waals surface area contributed by atoms with Crippen LogP contribution in [0.4, 0.5) is 23.2 Å². The Hall–Kier alpha value is -3.14. The molecule has 1 aliphatic rings. The summed E-state index contributed by atoms with van der Waals surface area (Å²) in [5, 5.41) is 5.30. The number of imidazole rings is 1. The fourth-order valence-electron chi connectivity index (χ4n) is 3.75. The van der Waals surface area contributed by atoms with Crippen molar-refractivity contribution in [1.29, 1.82) is 0 Å². The molecule has 0 saturated heterocycles. The molecule has 10 heteroatoms. The van der Waals surface area contributed by atoms with Gasteiger partial charge in [-0.25, -0.2) is 9.37 Å². The molecular formula is C23H26F4N4O2. The predicted octanol–water partition coefficient (Wildman–Crippen LogP) is 5.74. The molecule has 0 unspecified atom stereocenters. The third-order valence-electron chi connectivity index (χ3n) is 5.17. The number of H-pyrrole nitrogens is 1. The summed E-state index contributed by atoms with van der Waals surface area (Å²) < 4.78 is 54.5. The van der Waals surface area contributed by atoms with Gasteiger partial charge in [-0.1, -0.05) is 19.3 Å². The molecule has 0 aliphatic heterocycles. The molecule has 178 valence electrons. The second kappa shape index (κ2) is 10.7. The highest BCUT2D eigenvalue weighted by Gasteiger charge is 2.31. The first-order valence-corrected chi connectivity index (χ1v) is 10.6. The zero-order valence-electron chi connectivity index (χ0n) is 18.4. The van der Waals surface area contributed by atoms with Crippen LogP contribution < -0.4 is 15.4 Å². The van der Waals surface area contributed by atoms with E-state index in [4.69, 9.17) is 0 Å². The second-order valence-corrected chi connectivity index (χ2v) is 7.83. The molecule has 1 heterocycles. The number of nitrogens with one attached hydrogen (secondary N) is 3. The summed E-state index contributed by atoms with van der Waals surface area (Å²) in [4.78, 5) is 20.3. The van der Waals surface area contributed by atoms with Gasteiger partial charge in [-0.2, -0.15) is 0 Å². The third kappa shape index (κ3) is 6.67. The van der Waals surface area contributed by atoms with E-state index in [1.807, 2.05) is 14.1 Å². The number of aromatic amines is 1. The number of hydrogen-bond acceptors (Lipinski definition) is 4. The number of halogens is 4. The number of fused-ring (bicyclic) bond motifs is 1. The first-order valence-electron chi connectivity index (χ1n) is 10.6. The zero-order valence-corrected chi connectivity index (χ0v) is 18.4. The molecule has 1 amide bonds. The number of anilines is 1. The molecule has 1 aromatic heterocycles. The SMILES string of the molecule is CNC.O=C(Nc1ccc2[nH]c(C3CCCCC3)nc2c1)c1ccc(OC(F)(F)F)cc1F. The number of nitrogens with zero attached hydrogens (tertiary/aromatic N) is 1. The van der Waals surface area contributed by atoms with Crippen LogP contribution in [-0.4, -0.2) is 36.3 Å². The van der Waals surface area contributed by atoms with Crippen molar-refractivity contribution in [3.8, 4) is 5.75 Å². The molecule has 3 aromatic rings. The maximum atomic E-state index is 14.1. The largest absolute Gasteiger partial charge is 0.573 e. The van der Waals surface area contributed by atoms with Gasteiger partial charge in [0, 0.05) is 17.7 Å². The van der Waals surface area contributed by atoms with Crippen LogP contribution in [0.3, 0.4) is 0 Å². The summed E-state index contributed by atoms with van der Waals surface area (Å²) in [6.07, 6.45) is 0.856. The predicted molar refractivity (Wildman–Crippen MR) is 118 cm³/mol. The summed E-state index contributed by atoms with van der Waals surface area (Å²) in [5.41, 5.74) is 1.54. The van der Waals surface area contributed by atoms with Gasteiger partial charge in [0.1, 0.15) is 17.4 Å². The number of rotatable bonds is 4. The second-order valence-electron chi connectivity index (χ2n) is 7.83. The lowest BCUT2D eigenvalue weighted by atomic mass is 9.89. The number of carbonyl (C=O) groups excluding carboxylic acids is 1. The van der Waals surface area contributed by atoms with Crippen molar-refractivity contribution >= 4 is 22.6 Å². The number of aromatic nitrogens is 2. The number of hydrogen-bond donors (Lipinski definition) is 3. The average Bonchev–Trinajstić information content (AvgIpc) is 3.17. The van der Waals surface area contributed by atoms with Gasteiger partial charge >= 0.3 is 6.36 Å². The smallest absolute Gasteiger partial charge is 0.406 e.